The van der Waals surface area contributed by atoms with E-state index >= 15 is 0 Å². The molecule has 37 heavy (non-hydrogen) atoms. The molecule has 0 bridgehead atoms. The van der Waals surface area contributed by atoms with Crippen molar-refractivity contribution in [2.75, 3.05) is 19.6 Å². The quantitative estimate of drug-likeness (QED) is 0.500. The number of carbonyl (C=O) groups excluding carboxylic acids is 2. The number of benzene rings is 2. The molecule has 3 heterocycles. The molecule has 1 spiro atoms. The highest BCUT2D eigenvalue weighted by Crippen LogP contribution is 2.41. The molecule has 3 aromatic rings. The van der Waals surface area contributed by atoms with Crippen molar-refractivity contribution in [3.05, 3.63) is 66.4 Å². The van der Waals surface area contributed by atoms with Crippen LogP contribution in [0.4, 0.5) is 0 Å². The van der Waals surface area contributed by atoms with Gasteiger partial charge in [-0.3, -0.25) is 24.5 Å². The van der Waals surface area contributed by atoms with Crippen molar-refractivity contribution in [2.24, 2.45) is 16.8 Å². The van der Waals surface area contributed by atoms with E-state index < -0.39 is 5.54 Å². The van der Waals surface area contributed by atoms with Crippen molar-refractivity contribution in [3.63, 3.8) is 0 Å². The number of likely N-dealkylation sites (tertiary alicyclic amines) is 1. The zero-order valence-corrected chi connectivity index (χ0v) is 21.1. The Hall–Kier alpha value is -3.54. The van der Waals surface area contributed by atoms with Crippen LogP contribution < -0.4 is 0 Å². The fourth-order valence-electron chi connectivity index (χ4n) is 6.51. The Morgan fingerprint density at radius 2 is 1.70 bits per heavy atom. The van der Waals surface area contributed by atoms with E-state index in [0.29, 0.717) is 18.4 Å². The highest BCUT2D eigenvalue weighted by atomic mass is 16.2. The van der Waals surface area contributed by atoms with Crippen LogP contribution in [0.1, 0.15) is 50.5 Å². The third-order valence-corrected chi connectivity index (χ3v) is 8.72. The van der Waals surface area contributed by atoms with Gasteiger partial charge in [0.15, 0.2) is 0 Å². The van der Waals surface area contributed by atoms with Crippen LogP contribution in [-0.2, 0) is 9.59 Å². The summed E-state index contributed by atoms with van der Waals surface area (Å²) >= 11 is 0. The van der Waals surface area contributed by atoms with Crippen LogP contribution in [0.15, 0.2) is 65.8 Å². The number of nitrogens with zero attached hydrogens (tertiary/aromatic N) is 4. The molecule has 1 atom stereocenters. The number of fused-ring (bicyclic) bond motifs is 1. The number of carbonyl (C=O) groups is 2. The maximum Gasteiger partial charge on any atom is 0.256 e. The van der Waals surface area contributed by atoms with Crippen molar-refractivity contribution in [1.82, 2.24) is 14.8 Å². The van der Waals surface area contributed by atoms with Crippen LogP contribution >= 0.6 is 0 Å². The van der Waals surface area contributed by atoms with Gasteiger partial charge in [-0.1, -0.05) is 55.3 Å². The molecule has 6 heteroatoms. The molecule has 188 valence electrons. The first-order valence-electron chi connectivity index (χ1n) is 13.8. The molecule has 1 saturated heterocycles. The molecule has 2 aromatic carbocycles. The lowest BCUT2D eigenvalue weighted by atomic mass is 9.97. The number of para-hydroxylation sites is 1. The first-order chi connectivity index (χ1) is 18.1. The van der Waals surface area contributed by atoms with Crippen molar-refractivity contribution in [3.8, 4) is 11.1 Å². The standard InChI is InChI=1S/C31H32N4O2/c36-29(24-11-12-24)34-18-14-21(19-34)20-35-28(33-31(30(35)37)15-3-4-16-31)23-9-7-22(8-10-23)25-13-17-32-27-6-2-1-5-26(25)27/h1-2,5-10,13,17,21,24H,3-4,11-12,14-16,18-20H2/t21-/m1/s1. The summed E-state index contributed by atoms with van der Waals surface area (Å²) in [5.74, 6) is 1.84. The third kappa shape index (κ3) is 3.94. The topological polar surface area (TPSA) is 65.9 Å². The average Bonchev–Trinajstić information content (AvgIpc) is 3.39. The van der Waals surface area contributed by atoms with E-state index in [0.717, 1.165) is 91.5 Å². The molecule has 6 nitrogen and oxygen atoms in total. The summed E-state index contributed by atoms with van der Waals surface area (Å²) in [6.07, 6.45) is 8.67. The Morgan fingerprint density at radius 1 is 0.946 bits per heavy atom. The predicted octanol–water partition coefficient (Wildman–Crippen LogP) is 5.06. The van der Waals surface area contributed by atoms with Crippen LogP contribution in [0.5, 0.6) is 0 Å². The van der Waals surface area contributed by atoms with Gasteiger partial charge in [0, 0.05) is 42.7 Å². The van der Waals surface area contributed by atoms with E-state index in [9.17, 15) is 9.59 Å². The smallest absolute Gasteiger partial charge is 0.256 e. The van der Waals surface area contributed by atoms with Crippen molar-refractivity contribution in [2.45, 2.75) is 50.5 Å². The molecule has 7 rings (SSSR count). The molecule has 2 aliphatic heterocycles. The van der Waals surface area contributed by atoms with E-state index in [1.807, 2.05) is 34.2 Å². The monoisotopic (exact) mass is 492 g/mol. The number of pyridine rings is 1. The molecule has 3 fully saturated rings. The number of aromatic nitrogens is 1. The van der Waals surface area contributed by atoms with E-state index in [1.165, 1.54) is 0 Å². The molecular weight excluding hydrogens is 460 g/mol. The number of amides is 2. The number of aliphatic imine (C=N–C) groups is 1. The molecule has 0 unspecified atom stereocenters. The van der Waals surface area contributed by atoms with Gasteiger partial charge in [0.2, 0.25) is 5.91 Å². The summed E-state index contributed by atoms with van der Waals surface area (Å²) in [7, 11) is 0. The summed E-state index contributed by atoms with van der Waals surface area (Å²) in [6, 6.07) is 18.7. The minimum absolute atomic E-state index is 0.163. The second-order valence-electron chi connectivity index (χ2n) is 11.3. The van der Waals surface area contributed by atoms with Gasteiger partial charge in [0.1, 0.15) is 11.4 Å². The Kier molecular flexibility index (Phi) is 5.38. The maximum atomic E-state index is 13.8. The summed E-state index contributed by atoms with van der Waals surface area (Å²) in [5.41, 5.74) is 3.66. The first-order valence-corrected chi connectivity index (χ1v) is 13.8. The Morgan fingerprint density at radius 3 is 2.49 bits per heavy atom. The Balaban J connectivity index is 1.17. The largest absolute Gasteiger partial charge is 0.342 e. The van der Waals surface area contributed by atoms with Gasteiger partial charge in [-0.15, -0.1) is 0 Å². The number of hydrogen-bond donors (Lipinski definition) is 0. The van der Waals surface area contributed by atoms with Gasteiger partial charge in [0.25, 0.3) is 5.91 Å². The van der Waals surface area contributed by atoms with Crippen molar-refractivity contribution >= 4 is 28.6 Å². The molecule has 1 aromatic heterocycles. The number of amidine groups is 1. The molecule has 2 aliphatic carbocycles. The molecular formula is C31H32N4O2. The van der Waals surface area contributed by atoms with Crippen molar-refractivity contribution in [1.29, 1.82) is 0 Å². The highest BCUT2D eigenvalue weighted by molar-refractivity contribution is 6.15. The fraction of sp³-hybridized carbons (Fsp3) is 0.419. The fourth-order valence-corrected chi connectivity index (χ4v) is 6.51. The molecule has 4 aliphatic rings. The molecule has 0 N–H and O–H groups in total. The second kappa shape index (κ2) is 8.79. The minimum atomic E-state index is -0.586. The van der Waals surface area contributed by atoms with Gasteiger partial charge < -0.3 is 4.90 Å². The summed E-state index contributed by atoms with van der Waals surface area (Å²) in [4.78, 5) is 40.0. The Bertz CT molecular complexity index is 1400. The maximum absolute atomic E-state index is 13.8. The summed E-state index contributed by atoms with van der Waals surface area (Å²) in [5, 5.41) is 1.13. The zero-order chi connectivity index (χ0) is 25.0. The van der Waals surface area contributed by atoms with E-state index in [2.05, 4.69) is 41.4 Å². The molecule has 2 saturated carbocycles. The van der Waals surface area contributed by atoms with Crippen LogP contribution in [-0.4, -0.2) is 57.6 Å². The van der Waals surface area contributed by atoms with Crippen LogP contribution in [0, 0.1) is 11.8 Å². The summed E-state index contributed by atoms with van der Waals surface area (Å²) in [6.45, 7) is 2.21. The first kappa shape index (κ1) is 22.6. The minimum Gasteiger partial charge on any atom is -0.342 e. The van der Waals surface area contributed by atoms with E-state index in [1.54, 1.807) is 0 Å². The Labute approximate surface area is 217 Å². The van der Waals surface area contributed by atoms with Gasteiger partial charge >= 0.3 is 0 Å². The van der Waals surface area contributed by atoms with E-state index in [-0.39, 0.29) is 11.8 Å². The van der Waals surface area contributed by atoms with Crippen LogP contribution in [0.25, 0.3) is 22.0 Å². The SMILES string of the molecule is O=C(C1CC1)N1CC[C@@H](CN2C(=O)C3(CCCC3)N=C2c2ccc(-c3ccnc4ccccc34)cc2)C1. The van der Waals surface area contributed by atoms with E-state index in [4.69, 9.17) is 4.99 Å². The van der Waals surface area contributed by atoms with Gasteiger partial charge in [-0.25, -0.2) is 0 Å². The lowest BCUT2D eigenvalue weighted by molar-refractivity contribution is -0.131. The van der Waals surface area contributed by atoms with Gasteiger partial charge in [-0.2, -0.15) is 0 Å². The summed E-state index contributed by atoms with van der Waals surface area (Å²) < 4.78 is 0. The lowest BCUT2D eigenvalue weighted by Gasteiger charge is -2.25. The van der Waals surface area contributed by atoms with Crippen LogP contribution in [0.2, 0.25) is 0 Å². The molecule has 2 amide bonds. The lowest BCUT2D eigenvalue weighted by Crippen LogP contribution is -2.44. The number of rotatable bonds is 5. The number of hydrogen-bond acceptors (Lipinski definition) is 4. The van der Waals surface area contributed by atoms with Crippen LogP contribution in [0.3, 0.4) is 0 Å². The normalized spacial score (nSPS) is 22.9. The van der Waals surface area contributed by atoms with Crippen molar-refractivity contribution < 1.29 is 9.59 Å². The van der Waals surface area contributed by atoms with Gasteiger partial charge in [0.05, 0.1) is 5.52 Å². The van der Waals surface area contributed by atoms with Gasteiger partial charge in [-0.05, 0) is 61.3 Å². The zero-order valence-electron chi connectivity index (χ0n) is 21.1. The molecule has 0 radical (unpaired) electrons. The average molecular weight is 493 g/mol. The predicted molar refractivity (Wildman–Crippen MR) is 144 cm³/mol. The third-order valence-electron chi connectivity index (χ3n) is 8.72. The highest BCUT2D eigenvalue weighted by Gasteiger charge is 2.50. The second-order valence-corrected chi connectivity index (χ2v) is 11.3.